The minimum atomic E-state index is -3.46. The Hall–Kier alpha value is -1.89. The molecular formula is C13H15NO5S. The van der Waals surface area contributed by atoms with E-state index in [1.165, 1.54) is 23.6 Å². The van der Waals surface area contributed by atoms with E-state index in [9.17, 15) is 18.0 Å². The van der Waals surface area contributed by atoms with Gasteiger partial charge in [0.05, 0.1) is 5.52 Å². The summed E-state index contributed by atoms with van der Waals surface area (Å²) < 4.78 is 29.3. The van der Waals surface area contributed by atoms with Gasteiger partial charge < -0.3 is 4.42 Å². The van der Waals surface area contributed by atoms with E-state index in [2.05, 4.69) is 0 Å². The van der Waals surface area contributed by atoms with Gasteiger partial charge in [-0.3, -0.25) is 9.36 Å². The van der Waals surface area contributed by atoms with Crippen LogP contribution in [0.3, 0.4) is 0 Å². The minimum Gasteiger partial charge on any atom is -0.408 e. The highest BCUT2D eigenvalue weighted by atomic mass is 32.2. The van der Waals surface area contributed by atoms with Crippen LogP contribution in [0.25, 0.3) is 11.1 Å². The van der Waals surface area contributed by atoms with Gasteiger partial charge >= 0.3 is 5.76 Å². The second-order valence-electron chi connectivity index (χ2n) is 4.63. The van der Waals surface area contributed by atoms with Gasteiger partial charge in [0.25, 0.3) is 0 Å². The third-order valence-electron chi connectivity index (χ3n) is 3.28. The van der Waals surface area contributed by atoms with Crippen molar-refractivity contribution in [1.29, 1.82) is 0 Å². The monoisotopic (exact) mass is 297 g/mol. The predicted octanol–water partition coefficient (Wildman–Crippen LogP) is 1.23. The molecule has 0 bridgehead atoms. The predicted molar refractivity (Wildman–Crippen MR) is 74.8 cm³/mol. The largest absolute Gasteiger partial charge is 0.419 e. The lowest BCUT2D eigenvalue weighted by Crippen LogP contribution is -2.26. The molecule has 1 unspecified atom stereocenters. The van der Waals surface area contributed by atoms with Gasteiger partial charge in [-0.2, -0.15) is 0 Å². The van der Waals surface area contributed by atoms with E-state index in [0.717, 1.165) is 6.26 Å². The van der Waals surface area contributed by atoms with E-state index in [0.29, 0.717) is 12.1 Å². The molecule has 0 spiro atoms. The van der Waals surface area contributed by atoms with E-state index in [1.54, 1.807) is 13.0 Å². The van der Waals surface area contributed by atoms with Crippen LogP contribution in [0.15, 0.2) is 27.4 Å². The van der Waals surface area contributed by atoms with Crippen LogP contribution in [0.1, 0.15) is 24.2 Å². The first kappa shape index (κ1) is 14.5. The van der Waals surface area contributed by atoms with Crippen molar-refractivity contribution in [2.75, 3.05) is 6.26 Å². The molecule has 1 heterocycles. The summed E-state index contributed by atoms with van der Waals surface area (Å²) in [6, 6.07) is 4.51. The highest BCUT2D eigenvalue weighted by molar-refractivity contribution is 7.92. The van der Waals surface area contributed by atoms with Crippen molar-refractivity contribution in [3.63, 3.8) is 0 Å². The Kier molecular flexibility index (Phi) is 3.56. The Balaban J connectivity index is 2.53. The molecule has 1 aromatic carbocycles. The fourth-order valence-electron chi connectivity index (χ4n) is 1.95. The molecule has 0 fully saturated rings. The maximum Gasteiger partial charge on any atom is 0.419 e. The van der Waals surface area contributed by atoms with Crippen LogP contribution in [-0.2, 0) is 16.4 Å². The molecule has 0 amide bonds. The summed E-state index contributed by atoms with van der Waals surface area (Å²) >= 11 is 0. The number of fused-ring (bicyclic) bond motifs is 1. The van der Waals surface area contributed by atoms with Crippen molar-refractivity contribution < 1.29 is 17.6 Å². The number of aromatic nitrogens is 1. The second kappa shape index (κ2) is 4.90. The van der Waals surface area contributed by atoms with Gasteiger partial charge in [-0.25, -0.2) is 13.2 Å². The summed E-state index contributed by atoms with van der Waals surface area (Å²) in [5, 5.41) is -1.13. The summed E-state index contributed by atoms with van der Waals surface area (Å²) in [5.41, 5.74) is 1.08. The SMILES string of the molecule is CCn1c(=O)oc2cc(C(=O)C(C)S(C)(=O)=O)ccc21. The van der Waals surface area contributed by atoms with Gasteiger partial charge in [-0.15, -0.1) is 0 Å². The van der Waals surface area contributed by atoms with Gasteiger partial charge in [0, 0.05) is 18.4 Å². The van der Waals surface area contributed by atoms with Crippen molar-refractivity contribution in [2.24, 2.45) is 0 Å². The maximum absolute atomic E-state index is 12.1. The molecule has 7 heteroatoms. The van der Waals surface area contributed by atoms with Crippen LogP contribution in [0, 0.1) is 0 Å². The Labute approximate surface area is 115 Å². The lowest BCUT2D eigenvalue weighted by molar-refractivity contribution is 0.0991. The molecule has 108 valence electrons. The van der Waals surface area contributed by atoms with Crippen LogP contribution in [0.4, 0.5) is 0 Å². The van der Waals surface area contributed by atoms with Gasteiger partial charge in [0.15, 0.2) is 21.2 Å². The normalized spacial score (nSPS) is 13.6. The highest BCUT2D eigenvalue weighted by Gasteiger charge is 2.25. The maximum atomic E-state index is 12.1. The molecule has 1 atom stereocenters. The number of Topliss-reactive ketones (excluding diaryl/α,β-unsaturated/α-hetero) is 1. The molecular weight excluding hydrogens is 282 g/mol. The van der Waals surface area contributed by atoms with Crippen molar-refractivity contribution in [3.8, 4) is 0 Å². The molecule has 0 saturated heterocycles. The van der Waals surface area contributed by atoms with Crippen LogP contribution in [0.5, 0.6) is 0 Å². The van der Waals surface area contributed by atoms with Crippen LogP contribution >= 0.6 is 0 Å². The first-order chi connectivity index (χ1) is 9.25. The van der Waals surface area contributed by atoms with Crippen LogP contribution in [0.2, 0.25) is 0 Å². The number of carbonyl (C=O) groups is 1. The fourth-order valence-corrected chi connectivity index (χ4v) is 2.47. The molecule has 0 saturated carbocycles. The molecule has 2 aromatic rings. The number of hydrogen-bond donors (Lipinski definition) is 0. The number of carbonyl (C=O) groups excluding carboxylic acids is 1. The molecule has 0 aliphatic rings. The third-order valence-corrected chi connectivity index (χ3v) is 4.78. The quantitative estimate of drug-likeness (QED) is 0.792. The van der Waals surface area contributed by atoms with E-state index < -0.39 is 26.6 Å². The van der Waals surface area contributed by atoms with Gasteiger partial charge in [-0.05, 0) is 32.0 Å². The molecule has 0 aliphatic heterocycles. The number of aryl methyl sites for hydroxylation is 1. The van der Waals surface area contributed by atoms with Crippen molar-refractivity contribution >= 4 is 26.7 Å². The molecule has 20 heavy (non-hydrogen) atoms. The average molecular weight is 297 g/mol. The molecule has 1 aromatic heterocycles. The van der Waals surface area contributed by atoms with E-state index in [1.807, 2.05) is 0 Å². The Morgan fingerprint density at radius 3 is 2.60 bits per heavy atom. The molecule has 6 nitrogen and oxygen atoms in total. The fraction of sp³-hybridized carbons (Fsp3) is 0.385. The van der Waals surface area contributed by atoms with Crippen LogP contribution in [-0.4, -0.2) is 30.3 Å². The zero-order valence-corrected chi connectivity index (χ0v) is 12.2. The van der Waals surface area contributed by atoms with Gasteiger partial charge in [0.1, 0.15) is 5.25 Å². The number of rotatable bonds is 4. The van der Waals surface area contributed by atoms with Crippen molar-refractivity contribution in [3.05, 3.63) is 34.3 Å². The van der Waals surface area contributed by atoms with E-state index in [4.69, 9.17) is 4.42 Å². The van der Waals surface area contributed by atoms with Crippen molar-refractivity contribution in [2.45, 2.75) is 25.6 Å². The molecule has 0 radical (unpaired) electrons. The Morgan fingerprint density at radius 2 is 2.05 bits per heavy atom. The minimum absolute atomic E-state index is 0.215. The Morgan fingerprint density at radius 1 is 1.40 bits per heavy atom. The Bertz CT molecular complexity index is 828. The first-order valence-electron chi connectivity index (χ1n) is 6.12. The topological polar surface area (TPSA) is 86.3 Å². The van der Waals surface area contributed by atoms with E-state index >= 15 is 0 Å². The summed E-state index contributed by atoms with van der Waals surface area (Å²) in [7, 11) is -3.46. The lowest BCUT2D eigenvalue weighted by Gasteiger charge is -2.08. The number of oxazole rings is 1. The van der Waals surface area contributed by atoms with Crippen molar-refractivity contribution in [1.82, 2.24) is 4.57 Å². The van der Waals surface area contributed by atoms with Gasteiger partial charge in [0.2, 0.25) is 0 Å². The average Bonchev–Trinajstić information content (AvgIpc) is 2.69. The number of ketones is 1. The number of benzene rings is 1. The lowest BCUT2D eigenvalue weighted by atomic mass is 10.1. The number of sulfone groups is 1. The second-order valence-corrected chi connectivity index (χ2v) is 7.00. The standard InChI is InChI=1S/C13H15NO5S/c1-4-14-10-6-5-9(7-11(10)19-13(14)16)12(15)8(2)20(3,17)18/h5-8H,4H2,1-3H3. The highest BCUT2D eigenvalue weighted by Crippen LogP contribution is 2.17. The van der Waals surface area contributed by atoms with Crippen LogP contribution < -0.4 is 5.76 Å². The zero-order chi connectivity index (χ0) is 15.1. The zero-order valence-electron chi connectivity index (χ0n) is 11.4. The third kappa shape index (κ3) is 2.40. The molecule has 0 aliphatic carbocycles. The molecule has 2 rings (SSSR count). The summed E-state index contributed by atoms with van der Waals surface area (Å²) in [5.74, 6) is -1.01. The van der Waals surface area contributed by atoms with E-state index in [-0.39, 0.29) is 11.1 Å². The first-order valence-corrected chi connectivity index (χ1v) is 8.07. The number of hydrogen-bond acceptors (Lipinski definition) is 5. The summed E-state index contributed by atoms with van der Waals surface area (Å²) in [6.07, 6.45) is 1.02. The number of nitrogens with zero attached hydrogens (tertiary/aromatic N) is 1. The smallest absolute Gasteiger partial charge is 0.408 e. The van der Waals surface area contributed by atoms with Gasteiger partial charge in [-0.1, -0.05) is 0 Å². The summed E-state index contributed by atoms with van der Waals surface area (Å²) in [4.78, 5) is 23.6. The summed E-state index contributed by atoms with van der Waals surface area (Å²) in [6.45, 7) is 3.61. The molecule has 0 N–H and O–H groups in total.